The molecule has 1 aliphatic rings. The van der Waals surface area contributed by atoms with E-state index in [1.807, 2.05) is 0 Å². The van der Waals surface area contributed by atoms with Gasteiger partial charge in [0.2, 0.25) is 0 Å². The van der Waals surface area contributed by atoms with Crippen LogP contribution in [0.2, 0.25) is 18.1 Å². The number of hydrogen-bond acceptors (Lipinski definition) is 2. The molecule has 0 aromatic carbocycles. The minimum Gasteiger partial charge on any atom is -0.496 e. The molecular formula is C11H22O2Si. The fourth-order valence-corrected chi connectivity index (χ4v) is 2.03. The molecule has 1 atom stereocenters. The highest BCUT2D eigenvalue weighted by molar-refractivity contribution is 6.74. The summed E-state index contributed by atoms with van der Waals surface area (Å²) >= 11 is 0. The molecule has 0 amide bonds. The van der Waals surface area contributed by atoms with E-state index in [-0.39, 0.29) is 11.1 Å². The summed E-state index contributed by atoms with van der Waals surface area (Å²) in [4.78, 5) is 0. The van der Waals surface area contributed by atoms with Crippen LogP contribution in [0.15, 0.2) is 12.3 Å². The molecule has 14 heavy (non-hydrogen) atoms. The molecule has 0 bridgehead atoms. The molecule has 1 heterocycles. The molecular weight excluding hydrogens is 192 g/mol. The summed E-state index contributed by atoms with van der Waals surface area (Å²) in [5.74, 6) is 0. The zero-order chi connectivity index (χ0) is 11.7. The van der Waals surface area contributed by atoms with Crippen molar-refractivity contribution in [2.75, 3.05) is 6.61 Å². The molecule has 1 aliphatic heterocycles. The van der Waals surface area contributed by atoms with Crippen molar-refractivity contribution in [3.63, 3.8) is 0 Å². The van der Waals surface area contributed by atoms with Crippen LogP contribution in [0.25, 0.3) is 0 Å². The summed E-state index contributed by atoms with van der Waals surface area (Å²) in [6.07, 6.45) is 2.97. The third kappa shape index (κ3) is 2.85. The van der Waals surface area contributed by atoms with E-state index < -0.39 is 8.32 Å². The Morgan fingerprint density at radius 2 is 2.21 bits per heavy atom. The SMILES string of the molecule is [2H]C1=CC[C@@H](CO[Si](C)(C)C(C)(C)C)O1. The van der Waals surface area contributed by atoms with Gasteiger partial charge in [-0.25, -0.2) is 0 Å². The Kier molecular flexibility index (Phi) is 2.98. The van der Waals surface area contributed by atoms with E-state index in [1.165, 1.54) is 0 Å². The summed E-state index contributed by atoms with van der Waals surface area (Å²) in [5, 5.41) is 0.239. The van der Waals surface area contributed by atoms with Crippen molar-refractivity contribution < 1.29 is 10.5 Å². The largest absolute Gasteiger partial charge is 0.496 e. The van der Waals surface area contributed by atoms with Gasteiger partial charge in [-0.05, 0) is 24.2 Å². The zero-order valence-corrected chi connectivity index (χ0v) is 10.9. The molecule has 3 heteroatoms. The molecule has 2 nitrogen and oxygen atoms in total. The van der Waals surface area contributed by atoms with Crippen LogP contribution >= 0.6 is 0 Å². The van der Waals surface area contributed by atoms with Gasteiger partial charge in [-0.2, -0.15) is 0 Å². The highest BCUT2D eigenvalue weighted by Gasteiger charge is 2.37. The van der Waals surface area contributed by atoms with Gasteiger partial charge in [0, 0.05) is 6.42 Å². The van der Waals surface area contributed by atoms with E-state index in [4.69, 9.17) is 10.5 Å². The van der Waals surface area contributed by atoms with Crippen molar-refractivity contribution in [2.45, 2.75) is 51.4 Å². The van der Waals surface area contributed by atoms with E-state index in [9.17, 15) is 0 Å². The quantitative estimate of drug-likeness (QED) is 0.672. The standard InChI is InChI=1S/C11H22O2Si/c1-11(2,3)14(4,5)13-9-10-7-6-8-12-10/h6,8,10H,7,9H2,1-5H3/t10-/m0/s1/i8D. The van der Waals surface area contributed by atoms with Gasteiger partial charge in [0.25, 0.3) is 0 Å². The highest BCUT2D eigenvalue weighted by Crippen LogP contribution is 2.36. The van der Waals surface area contributed by atoms with Crippen LogP contribution in [0, 0.1) is 0 Å². The topological polar surface area (TPSA) is 18.5 Å². The summed E-state index contributed by atoms with van der Waals surface area (Å²) < 4.78 is 18.6. The molecule has 0 aliphatic carbocycles. The van der Waals surface area contributed by atoms with Gasteiger partial charge in [-0.15, -0.1) is 0 Å². The van der Waals surface area contributed by atoms with Gasteiger partial charge in [0.15, 0.2) is 8.32 Å². The second kappa shape index (κ2) is 4.07. The van der Waals surface area contributed by atoms with Crippen molar-refractivity contribution in [3.05, 3.63) is 12.3 Å². The Morgan fingerprint density at radius 3 is 2.64 bits per heavy atom. The molecule has 0 N–H and O–H groups in total. The first-order valence-corrected chi connectivity index (χ1v) is 8.10. The Balaban J connectivity index is 2.38. The summed E-state index contributed by atoms with van der Waals surface area (Å²) in [6.45, 7) is 11.8. The predicted molar refractivity (Wildman–Crippen MR) is 61.8 cm³/mol. The van der Waals surface area contributed by atoms with Crippen LogP contribution in [0.4, 0.5) is 0 Å². The van der Waals surface area contributed by atoms with Crippen molar-refractivity contribution in [2.24, 2.45) is 0 Å². The second-order valence-electron chi connectivity index (χ2n) is 5.37. The lowest BCUT2D eigenvalue weighted by Gasteiger charge is -2.36. The molecule has 0 saturated heterocycles. The minimum atomic E-state index is -1.66. The fraction of sp³-hybridized carbons (Fsp3) is 0.818. The summed E-state index contributed by atoms with van der Waals surface area (Å²) in [5.41, 5.74) is 0. The Bertz CT molecular complexity index is 256. The lowest BCUT2D eigenvalue weighted by atomic mass is 10.2. The van der Waals surface area contributed by atoms with Crippen molar-refractivity contribution >= 4 is 8.32 Å². The van der Waals surface area contributed by atoms with Crippen molar-refractivity contribution in [3.8, 4) is 0 Å². The lowest BCUT2D eigenvalue weighted by Crippen LogP contribution is -2.42. The lowest BCUT2D eigenvalue weighted by molar-refractivity contribution is 0.101. The fourth-order valence-electron chi connectivity index (χ4n) is 0.992. The molecule has 0 aromatic heterocycles. The predicted octanol–water partition coefficient (Wildman–Crippen LogP) is 3.31. The van der Waals surface area contributed by atoms with E-state index in [1.54, 1.807) is 6.08 Å². The summed E-state index contributed by atoms with van der Waals surface area (Å²) in [7, 11) is -1.66. The maximum Gasteiger partial charge on any atom is 0.192 e. The average Bonchev–Trinajstić information content (AvgIpc) is 2.46. The van der Waals surface area contributed by atoms with Gasteiger partial charge < -0.3 is 9.16 Å². The van der Waals surface area contributed by atoms with Crippen LogP contribution in [0.1, 0.15) is 28.6 Å². The normalized spacial score (nSPS) is 24.2. The van der Waals surface area contributed by atoms with E-state index in [0.717, 1.165) is 6.42 Å². The molecule has 0 saturated carbocycles. The van der Waals surface area contributed by atoms with Gasteiger partial charge in [0.05, 0.1) is 12.8 Å². The number of hydrogen-bond donors (Lipinski definition) is 0. The Hall–Kier alpha value is -0.283. The Labute approximate surface area is 89.8 Å². The van der Waals surface area contributed by atoms with Crippen molar-refractivity contribution in [1.29, 1.82) is 0 Å². The number of rotatable bonds is 3. The van der Waals surface area contributed by atoms with E-state index in [0.29, 0.717) is 12.8 Å². The van der Waals surface area contributed by atoms with E-state index >= 15 is 0 Å². The first-order valence-electron chi connectivity index (χ1n) is 5.70. The maximum atomic E-state index is 7.31. The molecule has 1 rings (SSSR count). The van der Waals surface area contributed by atoms with Crippen LogP contribution in [0.5, 0.6) is 0 Å². The molecule has 0 unspecified atom stereocenters. The van der Waals surface area contributed by atoms with Crippen molar-refractivity contribution in [1.82, 2.24) is 0 Å². The molecule has 0 fully saturated rings. The van der Waals surface area contributed by atoms with Crippen LogP contribution < -0.4 is 0 Å². The van der Waals surface area contributed by atoms with Crippen LogP contribution in [-0.2, 0) is 9.16 Å². The zero-order valence-electron chi connectivity index (χ0n) is 10.9. The monoisotopic (exact) mass is 215 g/mol. The Morgan fingerprint density at radius 1 is 1.57 bits per heavy atom. The van der Waals surface area contributed by atoms with Gasteiger partial charge in [0.1, 0.15) is 7.47 Å². The molecule has 82 valence electrons. The van der Waals surface area contributed by atoms with Gasteiger partial charge in [-0.1, -0.05) is 20.8 Å². The van der Waals surface area contributed by atoms with E-state index in [2.05, 4.69) is 33.9 Å². The van der Waals surface area contributed by atoms with Crippen LogP contribution in [0.3, 0.4) is 0 Å². The maximum absolute atomic E-state index is 7.31. The summed E-state index contributed by atoms with van der Waals surface area (Å²) in [6, 6.07) is 0. The van der Waals surface area contributed by atoms with Crippen LogP contribution in [-0.4, -0.2) is 21.0 Å². The third-order valence-corrected chi connectivity index (χ3v) is 7.64. The first-order chi connectivity index (χ1) is 6.72. The molecule has 0 radical (unpaired) electrons. The highest BCUT2D eigenvalue weighted by atomic mass is 28.4. The van der Waals surface area contributed by atoms with Gasteiger partial charge >= 0.3 is 0 Å². The average molecular weight is 215 g/mol. The first kappa shape index (κ1) is 10.2. The third-order valence-electron chi connectivity index (χ3n) is 3.14. The van der Waals surface area contributed by atoms with Gasteiger partial charge in [-0.3, -0.25) is 0 Å². The smallest absolute Gasteiger partial charge is 0.192 e. The molecule has 0 spiro atoms. The minimum absolute atomic E-state index is 0.0617. The number of ether oxygens (including phenoxy) is 1. The second-order valence-corrected chi connectivity index (χ2v) is 10.2. The molecule has 0 aromatic rings.